The third kappa shape index (κ3) is 4.14. The summed E-state index contributed by atoms with van der Waals surface area (Å²) in [6.45, 7) is 3.62. The van der Waals surface area contributed by atoms with Gasteiger partial charge in [-0.25, -0.2) is 0 Å². The van der Waals surface area contributed by atoms with E-state index in [2.05, 4.69) is 4.90 Å². The predicted molar refractivity (Wildman–Crippen MR) is 87.7 cm³/mol. The van der Waals surface area contributed by atoms with Crippen molar-refractivity contribution in [2.45, 2.75) is 38.6 Å². The van der Waals surface area contributed by atoms with E-state index in [0.717, 1.165) is 43.7 Å². The first-order valence-corrected chi connectivity index (χ1v) is 8.22. The van der Waals surface area contributed by atoms with E-state index >= 15 is 0 Å². The summed E-state index contributed by atoms with van der Waals surface area (Å²) in [5.41, 5.74) is 1.10. The van der Waals surface area contributed by atoms with Gasteiger partial charge in [0, 0.05) is 11.6 Å². The molecule has 2 rings (SSSR count). The minimum Gasteiger partial charge on any atom is -0.496 e. The second-order valence-electron chi connectivity index (χ2n) is 5.93. The Morgan fingerprint density at radius 3 is 2.95 bits per heavy atom. The lowest BCUT2D eigenvalue weighted by atomic mass is 9.90. The number of hydrogen-bond acceptors (Lipinski definition) is 3. The number of likely N-dealkylation sites (tertiary alicyclic amines) is 1. The van der Waals surface area contributed by atoms with Crippen molar-refractivity contribution in [2.24, 2.45) is 5.92 Å². The zero-order valence-electron chi connectivity index (χ0n) is 13.2. The second kappa shape index (κ2) is 7.84. The van der Waals surface area contributed by atoms with Crippen LogP contribution in [-0.2, 0) is 11.2 Å². The summed E-state index contributed by atoms with van der Waals surface area (Å²) in [6, 6.07) is 5.30. The van der Waals surface area contributed by atoms with Crippen molar-refractivity contribution in [1.82, 2.24) is 4.90 Å². The van der Waals surface area contributed by atoms with Gasteiger partial charge in [0.05, 0.1) is 7.11 Å². The number of carboxylic acids is 1. The van der Waals surface area contributed by atoms with Crippen molar-refractivity contribution >= 4 is 17.6 Å². The minimum absolute atomic E-state index is 0.371. The number of methoxy groups -OCH3 is 1. The molecule has 0 spiro atoms. The number of halogens is 1. The van der Waals surface area contributed by atoms with Crippen LogP contribution in [0.5, 0.6) is 5.75 Å². The van der Waals surface area contributed by atoms with Crippen molar-refractivity contribution in [2.75, 3.05) is 20.2 Å². The van der Waals surface area contributed by atoms with Gasteiger partial charge in [0.25, 0.3) is 0 Å². The van der Waals surface area contributed by atoms with Gasteiger partial charge in [-0.2, -0.15) is 0 Å². The molecule has 1 saturated heterocycles. The Kier molecular flexibility index (Phi) is 6.09. The van der Waals surface area contributed by atoms with E-state index in [4.69, 9.17) is 16.3 Å². The fourth-order valence-corrected chi connectivity index (χ4v) is 3.55. The molecule has 1 aromatic carbocycles. The van der Waals surface area contributed by atoms with Crippen molar-refractivity contribution < 1.29 is 14.6 Å². The van der Waals surface area contributed by atoms with Crippen molar-refractivity contribution in [3.8, 4) is 5.75 Å². The number of aliphatic carboxylic acids is 1. The molecule has 22 heavy (non-hydrogen) atoms. The summed E-state index contributed by atoms with van der Waals surface area (Å²) in [6.07, 6.45) is 3.67. The topological polar surface area (TPSA) is 49.8 Å². The first-order chi connectivity index (χ1) is 10.5. The summed E-state index contributed by atoms with van der Waals surface area (Å²) >= 11 is 6.09. The molecule has 0 amide bonds. The smallest absolute Gasteiger partial charge is 0.320 e. The predicted octanol–water partition coefficient (Wildman–Crippen LogP) is 3.47. The highest BCUT2D eigenvalue weighted by molar-refractivity contribution is 6.30. The fraction of sp³-hybridized carbons (Fsp3) is 0.588. The van der Waals surface area contributed by atoms with Gasteiger partial charge < -0.3 is 9.84 Å². The molecule has 0 radical (unpaired) electrons. The maximum absolute atomic E-state index is 11.4. The van der Waals surface area contributed by atoms with Crippen molar-refractivity contribution in [3.63, 3.8) is 0 Å². The number of hydrogen-bond donors (Lipinski definition) is 1. The third-order valence-electron chi connectivity index (χ3n) is 4.41. The van der Waals surface area contributed by atoms with Gasteiger partial charge in [0.1, 0.15) is 11.8 Å². The molecule has 1 heterocycles. The average molecular weight is 326 g/mol. The van der Waals surface area contributed by atoms with Crippen molar-refractivity contribution in [3.05, 3.63) is 28.8 Å². The quantitative estimate of drug-likeness (QED) is 0.870. The van der Waals surface area contributed by atoms with Crippen LogP contribution in [0.4, 0.5) is 0 Å². The Balaban J connectivity index is 2.07. The highest BCUT2D eigenvalue weighted by atomic mass is 35.5. The van der Waals surface area contributed by atoms with E-state index < -0.39 is 5.97 Å². The molecule has 5 heteroatoms. The maximum atomic E-state index is 11.4. The lowest BCUT2D eigenvalue weighted by molar-refractivity contribution is -0.144. The van der Waals surface area contributed by atoms with Crippen LogP contribution in [0.2, 0.25) is 5.02 Å². The van der Waals surface area contributed by atoms with Gasteiger partial charge >= 0.3 is 5.97 Å². The number of carbonyl (C=O) groups is 1. The molecule has 1 aromatic rings. The van der Waals surface area contributed by atoms with Crippen LogP contribution < -0.4 is 4.74 Å². The van der Waals surface area contributed by atoms with Gasteiger partial charge in [-0.15, -0.1) is 0 Å². The molecule has 0 aromatic heterocycles. The zero-order chi connectivity index (χ0) is 16.1. The number of carboxylic acid groups (broad SMARTS) is 1. The molecule has 1 N–H and O–H groups in total. The number of piperidine rings is 1. The molecule has 2 atom stereocenters. The molecule has 1 aliphatic rings. The van der Waals surface area contributed by atoms with Crippen LogP contribution in [0, 0.1) is 5.92 Å². The maximum Gasteiger partial charge on any atom is 0.320 e. The van der Waals surface area contributed by atoms with Crippen LogP contribution in [0.1, 0.15) is 31.7 Å². The van der Waals surface area contributed by atoms with Crippen LogP contribution >= 0.6 is 11.6 Å². The van der Waals surface area contributed by atoms with E-state index in [-0.39, 0.29) is 6.04 Å². The van der Waals surface area contributed by atoms with Gasteiger partial charge in [-0.05, 0) is 61.9 Å². The van der Waals surface area contributed by atoms with E-state index in [1.807, 2.05) is 25.1 Å². The Morgan fingerprint density at radius 1 is 1.55 bits per heavy atom. The molecule has 0 bridgehead atoms. The molecule has 4 nitrogen and oxygen atoms in total. The molecular formula is C17H24ClNO3. The second-order valence-corrected chi connectivity index (χ2v) is 6.36. The summed E-state index contributed by atoms with van der Waals surface area (Å²) in [4.78, 5) is 13.5. The van der Waals surface area contributed by atoms with Gasteiger partial charge in [-0.3, -0.25) is 9.69 Å². The SMILES string of the molecule is CCC(C(=O)O)N1CCCC(Cc2cc(Cl)ccc2OC)C1. The number of ether oxygens (including phenoxy) is 1. The summed E-state index contributed by atoms with van der Waals surface area (Å²) in [5.74, 6) is 0.574. The lowest BCUT2D eigenvalue weighted by Crippen LogP contribution is -2.46. The van der Waals surface area contributed by atoms with Gasteiger partial charge in [-0.1, -0.05) is 18.5 Å². The number of benzene rings is 1. The van der Waals surface area contributed by atoms with Crippen molar-refractivity contribution in [1.29, 1.82) is 0 Å². The van der Waals surface area contributed by atoms with Crippen LogP contribution in [0.15, 0.2) is 18.2 Å². The summed E-state index contributed by atoms with van der Waals surface area (Å²) in [7, 11) is 1.66. The highest BCUT2D eigenvalue weighted by Gasteiger charge is 2.29. The number of rotatable bonds is 6. The highest BCUT2D eigenvalue weighted by Crippen LogP contribution is 2.29. The van der Waals surface area contributed by atoms with Gasteiger partial charge in [0.2, 0.25) is 0 Å². The first kappa shape index (κ1) is 17.1. The molecular weight excluding hydrogens is 302 g/mol. The Morgan fingerprint density at radius 2 is 2.32 bits per heavy atom. The fourth-order valence-electron chi connectivity index (χ4n) is 3.35. The van der Waals surface area contributed by atoms with E-state index in [0.29, 0.717) is 17.4 Å². The molecule has 122 valence electrons. The Bertz CT molecular complexity index is 521. The zero-order valence-corrected chi connectivity index (χ0v) is 14.0. The largest absolute Gasteiger partial charge is 0.496 e. The van der Waals surface area contributed by atoms with Crippen LogP contribution in [-0.4, -0.2) is 42.2 Å². The van der Waals surface area contributed by atoms with Crippen LogP contribution in [0.25, 0.3) is 0 Å². The molecule has 0 aliphatic carbocycles. The molecule has 1 aliphatic heterocycles. The molecule has 2 unspecified atom stereocenters. The molecule has 1 fully saturated rings. The summed E-state index contributed by atoms with van der Waals surface area (Å²) < 4.78 is 5.41. The van der Waals surface area contributed by atoms with E-state index in [1.165, 1.54) is 0 Å². The van der Waals surface area contributed by atoms with E-state index in [1.54, 1.807) is 7.11 Å². The Labute approximate surface area is 137 Å². The Hall–Kier alpha value is -1.26. The monoisotopic (exact) mass is 325 g/mol. The minimum atomic E-state index is -0.719. The lowest BCUT2D eigenvalue weighted by Gasteiger charge is -2.36. The van der Waals surface area contributed by atoms with Gasteiger partial charge in [0.15, 0.2) is 0 Å². The standard InChI is InChI=1S/C17H24ClNO3/c1-3-15(17(20)21)19-8-4-5-12(11-19)9-13-10-14(18)6-7-16(13)22-2/h6-7,10,12,15H,3-5,8-9,11H2,1-2H3,(H,20,21). The average Bonchev–Trinajstić information content (AvgIpc) is 2.48. The van der Waals surface area contributed by atoms with Crippen LogP contribution in [0.3, 0.4) is 0 Å². The van der Waals surface area contributed by atoms with E-state index in [9.17, 15) is 9.90 Å². The normalized spacial score (nSPS) is 20.6. The number of nitrogens with zero attached hydrogens (tertiary/aromatic N) is 1. The third-order valence-corrected chi connectivity index (χ3v) is 4.65. The summed E-state index contributed by atoms with van der Waals surface area (Å²) in [5, 5.41) is 10.0. The first-order valence-electron chi connectivity index (χ1n) is 7.84. The molecule has 0 saturated carbocycles.